The summed E-state index contributed by atoms with van der Waals surface area (Å²) in [6.45, 7) is 2.59. The highest BCUT2D eigenvalue weighted by Crippen LogP contribution is 2.32. The lowest BCUT2D eigenvalue weighted by Gasteiger charge is -2.21. The van der Waals surface area contributed by atoms with Gasteiger partial charge >= 0.3 is 0 Å². The van der Waals surface area contributed by atoms with Crippen molar-refractivity contribution in [1.82, 2.24) is 5.32 Å². The summed E-state index contributed by atoms with van der Waals surface area (Å²) in [5, 5.41) is 4.23. The van der Waals surface area contributed by atoms with Crippen LogP contribution in [0.2, 0.25) is 10.0 Å². The first kappa shape index (κ1) is 16.2. The molecule has 0 aliphatic rings. The van der Waals surface area contributed by atoms with Crippen molar-refractivity contribution in [3.63, 3.8) is 0 Å². The molecule has 0 saturated heterocycles. The summed E-state index contributed by atoms with van der Waals surface area (Å²) >= 11 is 12.4. The van der Waals surface area contributed by atoms with Crippen molar-refractivity contribution < 1.29 is 8.78 Å². The van der Waals surface area contributed by atoms with Crippen LogP contribution in [0.25, 0.3) is 0 Å². The van der Waals surface area contributed by atoms with Crippen LogP contribution in [0.3, 0.4) is 0 Å². The third-order valence-electron chi connectivity index (χ3n) is 3.23. The summed E-state index contributed by atoms with van der Waals surface area (Å²) in [5.41, 5.74) is 0.989. The molecule has 112 valence electrons. The molecular weight excluding hydrogens is 315 g/mol. The van der Waals surface area contributed by atoms with Gasteiger partial charge in [0.1, 0.15) is 11.6 Å². The third kappa shape index (κ3) is 3.94. The molecule has 1 atom stereocenters. The lowest BCUT2D eigenvalue weighted by Crippen LogP contribution is -2.24. The zero-order chi connectivity index (χ0) is 15.4. The fourth-order valence-corrected chi connectivity index (χ4v) is 2.95. The van der Waals surface area contributed by atoms with Crippen LogP contribution in [-0.2, 0) is 6.42 Å². The molecule has 0 spiro atoms. The summed E-state index contributed by atoms with van der Waals surface area (Å²) in [6, 6.07) is 8.35. The molecule has 0 aromatic heterocycles. The van der Waals surface area contributed by atoms with Crippen molar-refractivity contribution in [2.24, 2.45) is 0 Å². The van der Waals surface area contributed by atoms with Crippen molar-refractivity contribution in [3.8, 4) is 0 Å². The van der Waals surface area contributed by atoms with Crippen LogP contribution >= 0.6 is 23.2 Å². The van der Waals surface area contributed by atoms with Gasteiger partial charge in [0.05, 0.1) is 0 Å². The first-order chi connectivity index (χ1) is 10.0. The Balaban J connectivity index is 2.38. The quantitative estimate of drug-likeness (QED) is 0.798. The number of hydrogen-bond acceptors (Lipinski definition) is 1. The van der Waals surface area contributed by atoms with Crippen molar-refractivity contribution in [1.29, 1.82) is 0 Å². The number of halogens is 4. The summed E-state index contributed by atoms with van der Waals surface area (Å²) in [5.74, 6) is -0.908. The zero-order valence-corrected chi connectivity index (χ0v) is 13.0. The molecule has 0 fully saturated rings. The molecule has 1 nitrogen and oxygen atoms in total. The Morgan fingerprint density at radius 2 is 1.76 bits per heavy atom. The van der Waals surface area contributed by atoms with Crippen molar-refractivity contribution >= 4 is 23.2 Å². The van der Waals surface area contributed by atoms with Crippen molar-refractivity contribution in [3.05, 3.63) is 69.2 Å². The third-order valence-corrected chi connectivity index (χ3v) is 3.89. The van der Waals surface area contributed by atoms with Gasteiger partial charge in [-0.15, -0.1) is 0 Å². The molecule has 0 bridgehead atoms. The Morgan fingerprint density at radius 1 is 1.10 bits per heavy atom. The lowest BCUT2D eigenvalue weighted by atomic mass is 9.98. The first-order valence-electron chi connectivity index (χ1n) is 6.64. The summed E-state index contributed by atoms with van der Waals surface area (Å²) in [7, 11) is 0. The number of hydrogen-bond donors (Lipinski definition) is 1. The van der Waals surface area contributed by atoms with Gasteiger partial charge in [-0.2, -0.15) is 0 Å². The van der Waals surface area contributed by atoms with E-state index in [1.807, 2.05) is 6.92 Å². The van der Waals surface area contributed by atoms with Gasteiger partial charge in [0.15, 0.2) is 0 Å². The smallest absolute Gasteiger partial charge is 0.126 e. The minimum atomic E-state index is -0.466. The largest absolute Gasteiger partial charge is 0.310 e. The van der Waals surface area contributed by atoms with Gasteiger partial charge in [-0.25, -0.2) is 8.78 Å². The Bertz CT molecular complexity index is 611. The van der Waals surface area contributed by atoms with E-state index in [0.29, 0.717) is 22.2 Å². The predicted octanol–water partition coefficient (Wildman–Crippen LogP) is 5.16. The maximum absolute atomic E-state index is 13.8. The van der Waals surface area contributed by atoms with Crippen LogP contribution in [0.15, 0.2) is 36.4 Å². The van der Waals surface area contributed by atoms with Crippen LogP contribution in [0, 0.1) is 11.6 Å². The second-order valence-corrected chi connectivity index (χ2v) is 5.50. The summed E-state index contributed by atoms with van der Waals surface area (Å²) < 4.78 is 27.1. The SMILES string of the molecule is CCNC(Cc1cc(F)ccc1F)c1c(Cl)cccc1Cl. The highest BCUT2D eigenvalue weighted by molar-refractivity contribution is 6.36. The maximum atomic E-state index is 13.8. The van der Waals surface area contributed by atoms with E-state index in [-0.39, 0.29) is 18.0 Å². The van der Waals surface area contributed by atoms with E-state index in [9.17, 15) is 8.78 Å². The van der Waals surface area contributed by atoms with Crippen LogP contribution in [0.4, 0.5) is 8.78 Å². The summed E-state index contributed by atoms with van der Waals surface area (Å²) in [4.78, 5) is 0. The highest BCUT2D eigenvalue weighted by atomic mass is 35.5. The lowest BCUT2D eigenvalue weighted by molar-refractivity contribution is 0.522. The number of rotatable bonds is 5. The Morgan fingerprint density at radius 3 is 2.38 bits per heavy atom. The number of nitrogens with one attached hydrogen (secondary N) is 1. The normalized spacial score (nSPS) is 12.4. The average molecular weight is 330 g/mol. The molecule has 0 amide bonds. The Kier molecular flexibility index (Phi) is 5.57. The molecule has 0 saturated carbocycles. The number of benzene rings is 2. The predicted molar refractivity (Wildman–Crippen MR) is 82.9 cm³/mol. The van der Waals surface area contributed by atoms with E-state index < -0.39 is 11.6 Å². The second kappa shape index (κ2) is 7.21. The van der Waals surface area contributed by atoms with E-state index in [1.54, 1.807) is 18.2 Å². The van der Waals surface area contributed by atoms with Crippen LogP contribution in [0.5, 0.6) is 0 Å². The molecule has 1 N–H and O–H groups in total. The first-order valence-corrected chi connectivity index (χ1v) is 7.39. The van der Waals surface area contributed by atoms with Gasteiger partial charge in [-0.1, -0.05) is 36.2 Å². The molecule has 21 heavy (non-hydrogen) atoms. The van der Waals surface area contributed by atoms with Crippen LogP contribution in [-0.4, -0.2) is 6.54 Å². The average Bonchev–Trinajstić information content (AvgIpc) is 2.43. The van der Waals surface area contributed by atoms with Gasteiger partial charge in [-0.3, -0.25) is 0 Å². The molecular formula is C16H15Cl2F2N. The minimum absolute atomic E-state index is 0.265. The number of likely N-dealkylation sites (N-methyl/N-ethyl adjacent to an activating group) is 1. The molecule has 5 heteroatoms. The molecule has 2 aromatic rings. The van der Waals surface area contributed by atoms with Gasteiger partial charge in [-0.05, 0) is 48.9 Å². The highest BCUT2D eigenvalue weighted by Gasteiger charge is 2.19. The zero-order valence-electron chi connectivity index (χ0n) is 11.5. The van der Waals surface area contributed by atoms with Crippen molar-refractivity contribution in [2.45, 2.75) is 19.4 Å². The minimum Gasteiger partial charge on any atom is -0.310 e. The summed E-state index contributed by atoms with van der Waals surface area (Å²) in [6.07, 6.45) is 0.265. The fraction of sp³-hybridized carbons (Fsp3) is 0.250. The fourth-order valence-electron chi connectivity index (χ4n) is 2.29. The van der Waals surface area contributed by atoms with E-state index in [1.165, 1.54) is 6.07 Å². The van der Waals surface area contributed by atoms with Crippen LogP contribution < -0.4 is 5.32 Å². The van der Waals surface area contributed by atoms with Gasteiger partial charge in [0, 0.05) is 21.7 Å². The maximum Gasteiger partial charge on any atom is 0.126 e. The molecule has 0 aliphatic carbocycles. The molecule has 2 rings (SSSR count). The van der Waals surface area contributed by atoms with E-state index in [4.69, 9.17) is 23.2 Å². The topological polar surface area (TPSA) is 12.0 Å². The molecule has 0 aliphatic heterocycles. The second-order valence-electron chi connectivity index (χ2n) is 4.69. The van der Waals surface area contributed by atoms with Crippen molar-refractivity contribution in [2.75, 3.05) is 6.54 Å². The van der Waals surface area contributed by atoms with Crippen LogP contribution in [0.1, 0.15) is 24.1 Å². The standard InChI is InChI=1S/C16H15Cl2F2N/c1-2-21-15(16-12(17)4-3-5-13(16)18)9-10-8-11(19)6-7-14(10)20/h3-8,15,21H,2,9H2,1H3. The molecule has 2 aromatic carbocycles. The van der Waals surface area contributed by atoms with E-state index >= 15 is 0 Å². The van der Waals surface area contributed by atoms with Gasteiger partial charge in [0.25, 0.3) is 0 Å². The molecule has 0 radical (unpaired) electrons. The van der Waals surface area contributed by atoms with Gasteiger partial charge in [0.2, 0.25) is 0 Å². The molecule has 0 heterocycles. The Labute approximate surface area is 132 Å². The van der Waals surface area contributed by atoms with E-state index in [0.717, 1.165) is 12.1 Å². The molecule has 1 unspecified atom stereocenters. The van der Waals surface area contributed by atoms with Gasteiger partial charge < -0.3 is 5.32 Å². The Hall–Kier alpha value is -1.16. The monoisotopic (exact) mass is 329 g/mol. The van der Waals surface area contributed by atoms with E-state index in [2.05, 4.69) is 5.32 Å².